The Morgan fingerprint density at radius 2 is 2.20 bits per heavy atom. The maximum absolute atomic E-state index is 4.58. The molecule has 2 heterocycles. The van der Waals surface area contributed by atoms with Crippen molar-refractivity contribution in [1.29, 1.82) is 0 Å². The average molecular weight is 292 g/mol. The second-order valence-electron chi connectivity index (χ2n) is 5.53. The second kappa shape index (κ2) is 6.41. The van der Waals surface area contributed by atoms with Crippen LogP contribution in [0, 0.1) is 6.92 Å². The molecular weight excluding hydrogens is 268 g/mol. The van der Waals surface area contributed by atoms with Crippen LogP contribution in [0.5, 0.6) is 0 Å². The number of rotatable bonds is 6. The highest BCUT2D eigenvalue weighted by atomic mass is 32.1. The molecule has 0 aromatic carbocycles. The second-order valence-corrected chi connectivity index (χ2v) is 6.31. The molecule has 0 radical (unpaired) electrons. The predicted molar refractivity (Wildman–Crippen MR) is 86.3 cm³/mol. The summed E-state index contributed by atoms with van der Waals surface area (Å²) in [6, 6.07) is 2.65. The van der Waals surface area contributed by atoms with Crippen molar-refractivity contribution in [2.24, 2.45) is 7.05 Å². The Hall–Kier alpha value is -1.33. The molecule has 0 atom stereocenters. The molecule has 0 aliphatic heterocycles. The van der Waals surface area contributed by atoms with Gasteiger partial charge in [-0.3, -0.25) is 4.68 Å². The highest BCUT2D eigenvalue weighted by molar-refractivity contribution is 7.07. The van der Waals surface area contributed by atoms with E-state index in [1.165, 1.54) is 16.9 Å². The molecule has 0 bridgehead atoms. The number of hydrogen-bond donors (Lipinski definition) is 1. The van der Waals surface area contributed by atoms with Gasteiger partial charge in [0, 0.05) is 38.8 Å². The summed E-state index contributed by atoms with van der Waals surface area (Å²) < 4.78 is 1.99. The van der Waals surface area contributed by atoms with Gasteiger partial charge in [-0.15, -0.1) is 0 Å². The SMILES string of the molecule is Cc1nn(C)c(N(C)Cc2ccsc2)c1CNC(C)C. The fourth-order valence-corrected chi connectivity index (χ4v) is 3.07. The molecule has 0 saturated carbocycles. The van der Waals surface area contributed by atoms with Crippen molar-refractivity contribution in [3.8, 4) is 0 Å². The quantitative estimate of drug-likeness (QED) is 0.888. The van der Waals surface area contributed by atoms with E-state index in [-0.39, 0.29) is 0 Å². The van der Waals surface area contributed by atoms with Crippen molar-refractivity contribution in [3.05, 3.63) is 33.6 Å². The van der Waals surface area contributed by atoms with E-state index in [0.717, 1.165) is 18.8 Å². The third-order valence-corrected chi connectivity index (χ3v) is 4.09. The third-order valence-electron chi connectivity index (χ3n) is 3.36. The van der Waals surface area contributed by atoms with Gasteiger partial charge in [0.25, 0.3) is 0 Å². The van der Waals surface area contributed by atoms with Gasteiger partial charge < -0.3 is 10.2 Å². The van der Waals surface area contributed by atoms with Crippen molar-refractivity contribution < 1.29 is 0 Å². The van der Waals surface area contributed by atoms with Crippen LogP contribution in [0.3, 0.4) is 0 Å². The lowest BCUT2D eigenvalue weighted by Crippen LogP contribution is -2.25. The van der Waals surface area contributed by atoms with E-state index in [4.69, 9.17) is 0 Å². The van der Waals surface area contributed by atoms with Gasteiger partial charge in [0.2, 0.25) is 0 Å². The molecule has 2 rings (SSSR count). The molecule has 0 amide bonds. The minimum Gasteiger partial charge on any atom is -0.355 e. The first-order valence-electron chi connectivity index (χ1n) is 6.97. The van der Waals surface area contributed by atoms with Crippen LogP contribution in [0.2, 0.25) is 0 Å². The molecule has 5 heteroatoms. The lowest BCUT2D eigenvalue weighted by Gasteiger charge is -2.21. The van der Waals surface area contributed by atoms with Gasteiger partial charge in [0.05, 0.1) is 5.69 Å². The largest absolute Gasteiger partial charge is 0.355 e. The Bertz CT molecular complexity index is 542. The first kappa shape index (κ1) is 15.1. The first-order valence-corrected chi connectivity index (χ1v) is 7.91. The van der Waals surface area contributed by atoms with Crippen molar-refractivity contribution in [3.63, 3.8) is 0 Å². The summed E-state index contributed by atoms with van der Waals surface area (Å²) in [5, 5.41) is 12.4. The molecule has 20 heavy (non-hydrogen) atoms. The van der Waals surface area contributed by atoms with E-state index in [2.05, 4.69) is 60.0 Å². The van der Waals surface area contributed by atoms with Gasteiger partial charge in [-0.05, 0) is 29.3 Å². The highest BCUT2D eigenvalue weighted by Crippen LogP contribution is 2.24. The topological polar surface area (TPSA) is 33.1 Å². The summed E-state index contributed by atoms with van der Waals surface area (Å²) in [7, 11) is 4.15. The van der Waals surface area contributed by atoms with Crippen molar-refractivity contribution in [1.82, 2.24) is 15.1 Å². The number of nitrogens with zero attached hydrogens (tertiary/aromatic N) is 3. The number of nitrogens with one attached hydrogen (secondary N) is 1. The molecule has 0 saturated heterocycles. The molecule has 110 valence electrons. The summed E-state index contributed by atoms with van der Waals surface area (Å²) >= 11 is 1.74. The summed E-state index contributed by atoms with van der Waals surface area (Å²) in [6.07, 6.45) is 0. The Kier molecular flexibility index (Phi) is 4.83. The smallest absolute Gasteiger partial charge is 0.131 e. The molecule has 1 N–H and O–H groups in total. The average Bonchev–Trinajstić information content (AvgIpc) is 2.94. The number of thiophene rings is 1. The van der Waals surface area contributed by atoms with Gasteiger partial charge in [-0.25, -0.2) is 0 Å². The zero-order valence-corrected chi connectivity index (χ0v) is 13.8. The van der Waals surface area contributed by atoms with Crippen LogP contribution >= 0.6 is 11.3 Å². The minimum absolute atomic E-state index is 0.477. The molecule has 0 aliphatic rings. The lowest BCUT2D eigenvalue weighted by atomic mass is 10.2. The zero-order valence-electron chi connectivity index (χ0n) is 13.0. The maximum Gasteiger partial charge on any atom is 0.131 e. The fourth-order valence-electron chi connectivity index (χ4n) is 2.41. The first-order chi connectivity index (χ1) is 9.49. The van der Waals surface area contributed by atoms with E-state index >= 15 is 0 Å². The Balaban J connectivity index is 2.20. The van der Waals surface area contributed by atoms with Gasteiger partial charge in [-0.2, -0.15) is 16.4 Å². The van der Waals surface area contributed by atoms with E-state index in [1.54, 1.807) is 11.3 Å². The van der Waals surface area contributed by atoms with Gasteiger partial charge in [0.1, 0.15) is 5.82 Å². The zero-order chi connectivity index (χ0) is 14.7. The molecule has 4 nitrogen and oxygen atoms in total. The predicted octanol–water partition coefficient (Wildman–Crippen LogP) is 2.92. The summed E-state index contributed by atoms with van der Waals surface area (Å²) in [6.45, 7) is 8.19. The Morgan fingerprint density at radius 1 is 1.45 bits per heavy atom. The van der Waals surface area contributed by atoms with Crippen LogP contribution in [-0.2, 0) is 20.1 Å². The van der Waals surface area contributed by atoms with E-state index in [0.29, 0.717) is 6.04 Å². The van der Waals surface area contributed by atoms with Crippen molar-refractivity contribution >= 4 is 17.2 Å². The number of aryl methyl sites for hydroxylation is 2. The summed E-state index contributed by atoms with van der Waals surface area (Å²) in [5.41, 5.74) is 3.74. The number of anilines is 1. The third kappa shape index (κ3) is 3.41. The molecule has 0 fully saturated rings. The summed E-state index contributed by atoms with van der Waals surface area (Å²) in [4.78, 5) is 2.28. The highest BCUT2D eigenvalue weighted by Gasteiger charge is 2.17. The minimum atomic E-state index is 0.477. The Morgan fingerprint density at radius 3 is 2.80 bits per heavy atom. The van der Waals surface area contributed by atoms with Gasteiger partial charge >= 0.3 is 0 Å². The van der Waals surface area contributed by atoms with Crippen molar-refractivity contribution in [2.45, 2.75) is 39.9 Å². The molecular formula is C15H24N4S. The molecule has 2 aromatic rings. The number of hydrogen-bond acceptors (Lipinski definition) is 4. The van der Waals surface area contributed by atoms with Crippen LogP contribution in [0.4, 0.5) is 5.82 Å². The maximum atomic E-state index is 4.58. The normalized spacial score (nSPS) is 11.3. The lowest BCUT2D eigenvalue weighted by molar-refractivity contribution is 0.586. The van der Waals surface area contributed by atoms with Crippen LogP contribution < -0.4 is 10.2 Å². The fraction of sp³-hybridized carbons (Fsp3) is 0.533. The summed E-state index contributed by atoms with van der Waals surface area (Å²) in [5.74, 6) is 1.20. The van der Waals surface area contributed by atoms with Gasteiger partial charge in [-0.1, -0.05) is 13.8 Å². The van der Waals surface area contributed by atoms with Crippen molar-refractivity contribution in [2.75, 3.05) is 11.9 Å². The molecule has 2 aromatic heterocycles. The number of aromatic nitrogens is 2. The van der Waals surface area contributed by atoms with Crippen LogP contribution in [0.1, 0.15) is 30.7 Å². The van der Waals surface area contributed by atoms with Crippen LogP contribution in [0.25, 0.3) is 0 Å². The monoisotopic (exact) mass is 292 g/mol. The standard InChI is InChI=1S/C15H24N4S/c1-11(2)16-8-14-12(3)17-19(5)15(14)18(4)9-13-6-7-20-10-13/h6-7,10-11,16H,8-9H2,1-5H3. The molecule has 0 unspecified atom stereocenters. The van der Waals surface area contributed by atoms with Gasteiger partial charge in [0.15, 0.2) is 0 Å². The molecule has 0 spiro atoms. The van der Waals surface area contributed by atoms with E-state index < -0.39 is 0 Å². The Labute approximate surface area is 125 Å². The van der Waals surface area contributed by atoms with E-state index in [9.17, 15) is 0 Å². The molecule has 0 aliphatic carbocycles. The van der Waals surface area contributed by atoms with Crippen LogP contribution in [0.15, 0.2) is 16.8 Å². The van der Waals surface area contributed by atoms with Crippen LogP contribution in [-0.4, -0.2) is 22.9 Å². The van der Waals surface area contributed by atoms with E-state index in [1.807, 2.05) is 11.7 Å².